The van der Waals surface area contributed by atoms with Gasteiger partial charge >= 0.3 is 0 Å². The summed E-state index contributed by atoms with van der Waals surface area (Å²) in [5, 5.41) is 3.83. The molecule has 0 saturated heterocycles. The molecular formula is C13H14BrFN2O3. The molecule has 1 heterocycles. The van der Waals surface area contributed by atoms with Crippen LogP contribution in [-0.2, 0) is 9.47 Å². The van der Waals surface area contributed by atoms with E-state index in [4.69, 9.17) is 14.0 Å². The van der Waals surface area contributed by atoms with Crippen molar-refractivity contribution < 1.29 is 18.4 Å². The van der Waals surface area contributed by atoms with Gasteiger partial charge in [-0.15, -0.1) is 0 Å². The molecular weight excluding hydrogens is 331 g/mol. The summed E-state index contributed by atoms with van der Waals surface area (Å²) in [6.45, 7) is 4.58. The third-order valence-corrected chi connectivity index (χ3v) is 3.14. The van der Waals surface area contributed by atoms with Crippen LogP contribution in [0.5, 0.6) is 0 Å². The lowest BCUT2D eigenvalue weighted by molar-refractivity contribution is -0.155. The Hall–Kier alpha value is -1.31. The van der Waals surface area contributed by atoms with Crippen molar-refractivity contribution in [1.29, 1.82) is 0 Å². The summed E-state index contributed by atoms with van der Waals surface area (Å²) in [6.07, 6.45) is -0.710. The van der Waals surface area contributed by atoms with E-state index in [9.17, 15) is 4.39 Å². The smallest absolute Gasteiger partial charge is 0.283 e. The molecule has 0 N–H and O–H groups in total. The Bertz CT molecular complexity index is 570. The van der Waals surface area contributed by atoms with Crippen molar-refractivity contribution in [2.45, 2.75) is 20.1 Å². The van der Waals surface area contributed by atoms with E-state index in [1.165, 1.54) is 12.1 Å². The van der Waals surface area contributed by atoms with E-state index in [-0.39, 0.29) is 17.5 Å². The molecule has 0 spiro atoms. The largest absolute Gasteiger partial charge is 0.345 e. The van der Waals surface area contributed by atoms with Crippen LogP contribution in [-0.4, -0.2) is 23.4 Å². The van der Waals surface area contributed by atoms with Gasteiger partial charge in [0.15, 0.2) is 0 Å². The monoisotopic (exact) mass is 344 g/mol. The van der Waals surface area contributed by atoms with Gasteiger partial charge < -0.3 is 14.0 Å². The molecule has 20 heavy (non-hydrogen) atoms. The number of hydrogen-bond donors (Lipinski definition) is 0. The van der Waals surface area contributed by atoms with Gasteiger partial charge in [-0.3, -0.25) is 0 Å². The molecule has 2 aromatic rings. The van der Waals surface area contributed by atoms with Crippen LogP contribution in [0.2, 0.25) is 0 Å². The van der Waals surface area contributed by atoms with Gasteiger partial charge in [-0.1, -0.05) is 21.1 Å². The SMILES string of the molecule is CCOC(OCC)c1nc(-c2cc(F)ccc2Br)no1. The maximum Gasteiger partial charge on any atom is 0.283 e. The standard InChI is InChI=1S/C13H14BrFN2O3/c1-3-18-13(19-4-2)12-16-11(17-20-12)9-7-8(15)5-6-10(9)14/h5-7,13H,3-4H2,1-2H3. The number of rotatable bonds is 6. The van der Waals surface area contributed by atoms with E-state index in [2.05, 4.69) is 26.1 Å². The molecule has 1 aromatic carbocycles. The van der Waals surface area contributed by atoms with Crippen LogP contribution in [0.25, 0.3) is 11.4 Å². The van der Waals surface area contributed by atoms with Gasteiger partial charge in [0.05, 0.1) is 0 Å². The van der Waals surface area contributed by atoms with Crippen molar-refractivity contribution in [3.05, 3.63) is 34.4 Å². The predicted molar refractivity (Wildman–Crippen MR) is 73.4 cm³/mol. The highest BCUT2D eigenvalue weighted by Crippen LogP contribution is 2.28. The minimum absolute atomic E-state index is 0.208. The van der Waals surface area contributed by atoms with Crippen LogP contribution in [0.4, 0.5) is 4.39 Å². The number of benzene rings is 1. The van der Waals surface area contributed by atoms with Crippen molar-refractivity contribution in [2.24, 2.45) is 0 Å². The van der Waals surface area contributed by atoms with Gasteiger partial charge in [-0.05, 0) is 32.0 Å². The Balaban J connectivity index is 2.29. The number of aromatic nitrogens is 2. The lowest BCUT2D eigenvalue weighted by Gasteiger charge is -2.11. The zero-order valence-corrected chi connectivity index (χ0v) is 12.7. The van der Waals surface area contributed by atoms with Gasteiger partial charge in [-0.2, -0.15) is 4.98 Å². The van der Waals surface area contributed by atoms with E-state index in [1.807, 2.05) is 13.8 Å². The van der Waals surface area contributed by atoms with E-state index in [0.717, 1.165) is 0 Å². The minimum Gasteiger partial charge on any atom is -0.345 e. The van der Waals surface area contributed by atoms with Crippen LogP contribution in [0.15, 0.2) is 27.2 Å². The van der Waals surface area contributed by atoms with Crippen molar-refractivity contribution in [3.63, 3.8) is 0 Å². The first-order chi connectivity index (χ1) is 9.65. The second-order valence-electron chi connectivity index (χ2n) is 3.82. The van der Waals surface area contributed by atoms with Crippen molar-refractivity contribution in [2.75, 3.05) is 13.2 Å². The molecule has 0 fully saturated rings. The molecule has 0 saturated carbocycles. The summed E-state index contributed by atoms with van der Waals surface area (Å²) in [7, 11) is 0. The molecule has 0 bridgehead atoms. The first kappa shape index (κ1) is 15.1. The molecule has 0 unspecified atom stereocenters. The average molecular weight is 345 g/mol. The van der Waals surface area contributed by atoms with Gasteiger partial charge in [0.2, 0.25) is 12.1 Å². The fourth-order valence-corrected chi connectivity index (χ4v) is 2.03. The van der Waals surface area contributed by atoms with Gasteiger partial charge in [0.25, 0.3) is 5.89 Å². The zero-order chi connectivity index (χ0) is 14.5. The Labute approximate surface area is 124 Å². The predicted octanol–water partition coefficient (Wildman–Crippen LogP) is 3.71. The maximum absolute atomic E-state index is 13.3. The normalized spacial score (nSPS) is 11.2. The fraction of sp³-hybridized carbons (Fsp3) is 0.385. The summed E-state index contributed by atoms with van der Waals surface area (Å²) >= 11 is 3.32. The lowest BCUT2D eigenvalue weighted by Crippen LogP contribution is -2.09. The van der Waals surface area contributed by atoms with Gasteiger partial charge in [0, 0.05) is 23.2 Å². The highest BCUT2D eigenvalue weighted by atomic mass is 79.9. The molecule has 0 aliphatic heterocycles. The fourth-order valence-electron chi connectivity index (χ4n) is 1.60. The van der Waals surface area contributed by atoms with E-state index >= 15 is 0 Å². The van der Waals surface area contributed by atoms with E-state index in [1.54, 1.807) is 6.07 Å². The second kappa shape index (κ2) is 6.92. The zero-order valence-electron chi connectivity index (χ0n) is 11.1. The van der Waals surface area contributed by atoms with Crippen LogP contribution < -0.4 is 0 Å². The highest BCUT2D eigenvalue weighted by Gasteiger charge is 2.21. The molecule has 2 rings (SSSR count). The van der Waals surface area contributed by atoms with Crippen LogP contribution in [0.1, 0.15) is 26.0 Å². The van der Waals surface area contributed by atoms with Crippen molar-refractivity contribution in [3.8, 4) is 11.4 Å². The quantitative estimate of drug-likeness (QED) is 0.747. The summed E-state index contributed by atoms with van der Waals surface area (Å²) in [4.78, 5) is 4.20. The molecule has 0 amide bonds. The van der Waals surface area contributed by atoms with Crippen LogP contribution in [0, 0.1) is 5.82 Å². The van der Waals surface area contributed by atoms with E-state index in [0.29, 0.717) is 23.2 Å². The molecule has 1 aromatic heterocycles. The number of hydrogen-bond acceptors (Lipinski definition) is 5. The molecule has 0 radical (unpaired) electrons. The molecule has 7 heteroatoms. The second-order valence-corrected chi connectivity index (χ2v) is 4.68. The number of ether oxygens (including phenoxy) is 2. The van der Waals surface area contributed by atoms with Crippen LogP contribution in [0.3, 0.4) is 0 Å². The summed E-state index contributed by atoms with van der Waals surface area (Å²) in [6, 6.07) is 4.26. The molecule has 0 aliphatic rings. The third kappa shape index (κ3) is 3.41. The average Bonchev–Trinajstić information content (AvgIpc) is 2.91. The summed E-state index contributed by atoms with van der Waals surface area (Å²) in [5.74, 6) is 0.108. The molecule has 5 nitrogen and oxygen atoms in total. The first-order valence-electron chi connectivity index (χ1n) is 6.18. The highest BCUT2D eigenvalue weighted by molar-refractivity contribution is 9.10. The van der Waals surface area contributed by atoms with Gasteiger partial charge in [-0.25, -0.2) is 4.39 Å². The molecule has 108 valence electrons. The Morgan fingerprint density at radius 2 is 2.00 bits per heavy atom. The van der Waals surface area contributed by atoms with Crippen molar-refractivity contribution in [1.82, 2.24) is 10.1 Å². The topological polar surface area (TPSA) is 57.4 Å². The molecule has 0 atom stereocenters. The van der Waals surface area contributed by atoms with Crippen LogP contribution >= 0.6 is 15.9 Å². The maximum atomic E-state index is 13.3. The summed E-state index contributed by atoms with van der Waals surface area (Å²) < 4.78 is 29.8. The lowest BCUT2D eigenvalue weighted by atomic mass is 10.2. The van der Waals surface area contributed by atoms with Crippen molar-refractivity contribution >= 4 is 15.9 Å². The number of halogens is 2. The third-order valence-electron chi connectivity index (χ3n) is 2.45. The Kier molecular flexibility index (Phi) is 5.22. The Morgan fingerprint density at radius 3 is 2.65 bits per heavy atom. The van der Waals surface area contributed by atoms with E-state index < -0.39 is 6.29 Å². The summed E-state index contributed by atoms with van der Waals surface area (Å²) in [5.41, 5.74) is 0.506. The number of nitrogens with zero attached hydrogens (tertiary/aromatic N) is 2. The Morgan fingerprint density at radius 1 is 1.30 bits per heavy atom. The first-order valence-corrected chi connectivity index (χ1v) is 6.97. The minimum atomic E-state index is -0.710. The van der Waals surface area contributed by atoms with Gasteiger partial charge in [0.1, 0.15) is 5.82 Å². The molecule has 0 aliphatic carbocycles.